The fourth-order valence-corrected chi connectivity index (χ4v) is 2.47. The Labute approximate surface area is 126 Å². The second-order valence-corrected chi connectivity index (χ2v) is 5.16. The molecule has 106 valence electrons. The van der Waals surface area contributed by atoms with Crippen molar-refractivity contribution >= 4 is 17.5 Å². The van der Waals surface area contributed by atoms with Crippen LogP contribution < -0.4 is 5.73 Å². The van der Waals surface area contributed by atoms with Gasteiger partial charge in [0.2, 0.25) is 5.95 Å². The highest BCUT2D eigenvalue weighted by Gasteiger charge is 2.15. The third-order valence-corrected chi connectivity index (χ3v) is 3.53. The third-order valence-electron chi connectivity index (χ3n) is 3.28. The molecule has 2 N–H and O–H groups in total. The molecule has 0 aliphatic heterocycles. The van der Waals surface area contributed by atoms with E-state index in [-0.39, 0.29) is 5.82 Å². The smallest absolute Gasteiger partial charge is 0.205 e. The molecule has 0 spiro atoms. The molecule has 0 unspecified atom stereocenters. The predicted molar refractivity (Wildman–Crippen MR) is 83.1 cm³/mol. The van der Waals surface area contributed by atoms with E-state index in [2.05, 4.69) is 4.98 Å². The van der Waals surface area contributed by atoms with E-state index >= 15 is 0 Å². The lowest BCUT2D eigenvalue weighted by Gasteiger charge is -2.11. The molecule has 0 aliphatic carbocycles. The van der Waals surface area contributed by atoms with Crippen molar-refractivity contribution in [3.63, 3.8) is 0 Å². The molecule has 2 aromatic carbocycles. The summed E-state index contributed by atoms with van der Waals surface area (Å²) in [6, 6.07) is 13.6. The summed E-state index contributed by atoms with van der Waals surface area (Å²) in [7, 11) is 0. The van der Waals surface area contributed by atoms with Gasteiger partial charge in [-0.1, -0.05) is 23.7 Å². The Morgan fingerprint density at radius 3 is 2.29 bits per heavy atom. The number of hydrogen-bond donors (Lipinski definition) is 1. The number of hydrogen-bond acceptors (Lipinski definition) is 2. The Hall–Kier alpha value is -2.33. The predicted octanol–water partition coefficient (Wildman–Crippen LogP) is 4.22. The topological polar surface area (TPSA) is 43.8 Å². The monoisotopic (exact) mass is 301 g/mol. The number of nitrogens with zero attached hydrogens (tertiary/aromatic N) is 2. The number of imidazole rings is 1. The van der Waals surface area contributed by atoms with Crippen molar-refractivity contribution in [3.8, 4) is 16.9 Å². The Bertz CT molecular complexity index is 711. The van der Waals surface area contributed by atoms with Crippen LogP contribution in [0.2, 0.25) is 5.02 Å². The lowest BCUT2D eigenvalue weighted by molar-refractivity contribution is 0.627. The Morgan fingerprint density at radius 2 is 1.67 bits per heavy atom. The first-order valence-corrected chi connectivity index (χ1v) is 6.81. The van der Waals surface area contributed by atoms with Crippen LogP contribution in [0.3, 0.4) is 0 Å². The van der Waals surface area contributed by atoms with Gasteiger partial charge in [0.25, 0.3) is 0 Å². The molecule has 0 saturated carbocycles. The molecule has 0 atom stereocenters. The fraction of sp³-hybridized carbons (Fsp3) is 0.0625. The minimum Gasteiger partial charge on any atom is -0.369 e. The SMILES string of the molecule is Cc1nc(N)n(-c2ccc(F)cc2)c1-c1ccc(Cl)cc1. The number of rotatable bonds is 2. The largest absolute Gasteiger partial charge is 0.369 e. The van der Waals surface area contributed by atoms with E-state index in [1.165, 1.54) is 12.1 Å². The van der Waals surface area contributed by atoms with Crippen LogP contribution in [0.15, 0.2) is 48.5 Å². The maximum absolute atomic E-state index is 13.1. The summed E-state index contributed by atoms with van der Waals surface area (Å²) in [5.74, 6) is 0.0752. The number of aromatic nitrogens is 2. The van der Waals surface area contributed by atoms with Crippen LogP contribution in [0.4, 0.5) is 10.3 Å². The molecular formula is C16H13ClFN3. The summed E-state index contributed by atoms with van der Waals surface area (Å²) in [6.45, 7) is 1.89. The fourth-order valence-electron chi connectivity index (χ4n) is 2.35. The van der Waals surface area contributed by atoms with E-state index in [4.69, 9.17) is 17.3 Å². The van der Waals surface area contributed by atoms with Crippen molar-refractivity contribution < 1.29 is 4.39 Å². The van der Waals surface area contributed by atoms with Gasteiger partial charge in [0.05, 0.1) is 11.4 Å². The van der Waals surface area contributed by atoms with E-state index in [9.17, 15) is 4.39 Å². The molecule has 3 aromatic rings. The van der Waals surface area contributed by atoms with Crippen molar-refractivity contribution in [2.45, 2.75) is 6.92 Å². The maximum Gasteiger partial charge on any atom is 0.205 e. The normalized spacial score (nSPS) is 10.8. The quantitative estimate of drug-likeness (QED) is 0.770. The Morgan fingerprint density at radius 1 is 1.05 bits per heavy atom. The van der Waals surface area contributed by atoms with Gasteiger partial charge < -0.3 is 5.73 Å². The second-order valence-electron chi connectivity index (χ2n) is 4.72. The molecule has 5 heteroatoms. The van der Waals surface area contributed by atoms with Gasteiger partial charge in [-0.3, -0.25) is 4.57 Å². The number of halogens is 2. The van der Waals surface area contributed by atoms with Crippen molar-refractivity contribution in [2.75, 3.05) is 5.73 Å². The number of anilines is 1. The maximum atomic E-state index is 13.1. The highest BCUT2D eigenvalue weighted by molar-refractivity contribution is 6.30. The average molecular weight is 302 g/mol. The summed E-state index contributed by atoms with van der Waals surface area (Å²) in [6.07, 6.45) is 0. The molecule has 21 heavy (non-hydrogen) atoms. The Kier molecular flexibility index (Phi) is 3.39. The minimum absolute atomic E-state index is 0.290. The summed E-state index contributed by atoms with van der Waals surface area (Å²) in [5.41, 5.74) is 9.40. The summed E-state index contributed by atoms with van der Waals surface area (Å²) >= 11 is 5.93. The van der Waals surface area contributed by atoms with Gasteiger partial charge >= 0.3 is 0 Å². The minimum atomic E-state index is -0.290. The van der Waals surface area contributed by atoms with Gasteiger partial charge in [0, 0.05) is 16.3 Å². The number of aryl methyl sites for hydroxylation is 1. The molecule has 0 fully saturated rings. The number of nitrogen functional groups attached to an aromatic ring is 1. The highest BCUT2D eigenvalue weighted by atomic mass is 35.5. The first-order chi connectivity index (χ1) is 10.1. The van der Waals surface area contributed by atoms with Gasteiger partial charge in [-0.15, -0.1) is 0 Å². The van der Waals surface area contributed by atoms with Crippen LogP contribution in [0, 0.1) is 12.7 Å². The zero-order chi connectivity index (χ0) is 15.0. The molecular weight excluding hydrogens is 289 g/mol. The molecule has 0 bridgehead atoms. The van der Waals surface area contributed by atoms with Crippen molar-refractivity contribution in [1.82, 2.24) is 9.55 Å². The van der Waals surface area contributed by atoms with Gasteiger partial charge in [-0.25, -0.2) is 9.37 Å². The lowest BCUT2D eigenvalue weighted by atomic mass is 10.1. The summed E-state index contributed by atoms with van der Waals surface area (Å²) in [5, 5.41) is 0.664. The van der Waals surface area contributed by atoms with E-state index in [1.54, 1.807) is 16.7 Å². The standard InChI is InChI=1S/C16H13ClFN3/c1-10-15(11-2-4-12(17)5-3-11)21(16(19)20-10)14-8-6-13(18)7-9-14/h2-9H,1H3,(H2,19,20). The van der Waals surface area contributed by atoms with Crippen LogP contribution in [0.25, 0.3) is 16.9 Å². The summed E-state index contributed by atoms with van der Waals surface area (Å²) in [4.78, 5) is 4.32. The van der Waals surface area contributed by atoms with Gasteiger partial charge in [0.15, 0.2) is 0 Å². The van der Waals surface area contributed by atoms with Crippen LogP contribution >= 0.6 is 11.6 Å². The molecule has 1 heterocycles. The van der Waals surface area contributed by atoms with E-state index < -0.39 is 0 Å². The first kappa shape index (κ1) is 13.6. The van der Waals surface area contributed by atoms with Crippen molar-refractivity contribution in [2.24, 2.45) is 0 Å². The molecule has 0 aliphatic rings. The zero-order valence-corrected chi connectivity index (χ0v) is 12.1. The van der Waals surface area contributed by atoms with Crippen LogP contribution in [0.1, 0.15) is 5.69 Å². The Balaban J connectivity index is 2.21. The van der Waals surface area contributed by atoms with Gasteiger partial charge in [0.1, 0.15) is 5.82 Å². The van der Waals surface area contributed by atoms with Crippen molar-refractivity contribution in [1.29, 1.82) is 0 Å². The first-order valence-electron chi connectivity index (χ1n) is 6.43. The van der Waals surface area contributed by atoms with Crippen LogP contribution in [0.5, 0.6) is 0 Å². The molecule has 0 radical (unpaired) electrons. The number of benzene rings is 2. The number of nitrogens with two attached hydrogens (primary N) is 1. The van der Waals surface area contributed by atoms with Crippen LogP contribution in [-0.4, -0.2) is 9.55 Å². The van der Waals surface area contributed by atoms with E-state index in [0.29, 0.717) is 11.0 Å². The summed E-state index contributed by atoms with van der Waals surface area (Å²) < 4.78 is 14.9. The van der Waals surface area contributed by atoms with Crippen LogP contribution in [-0.2, 0) is 0 Å². The lowest BCUT2D eigenvalue weighted by Crippen LogP contribution is -2.02. The molecule has 1 aromatic heterocycles. The molecule has 3 rings (SSSR count). The average Bonchev–Trinajstić information content (AvgIpc) is 2.75. The van der Waals surface area contributed by atoms with Gasteiger partial charge in [-0.2, -0.15) is 0 Å². The highest BCUT2D eigenvalue weighted by Crippen LogP contribution is 2.30. The third kappa shape index (κ3) is 2.50. The zero-order valence-electron chi connectivity index (χ0n) is 11.3. The molecule has 0 amide bonds. The second kappa shape index (κ2) is 5.22. The van der Waals surface area contributed by atoms with E-state index in [1.807, 2.05) is 31.2 Å². The van der Waals surface area contributed by atoms with Crippen molar-refractivity contribution in [3.05, 3.63) is 65.1 Å². The molecule has 3 nitrogen and oxygen atoms in total. The molecule has 0 saturated heterocycles. The van der Waals surface area contributed by atoms with Gasteiger partial charge in [-0.05, 0) is 43.3 Å². The van der Waals surface area contributed by atoms with E-state index in [0.717, 1.165) is 22.6 Å².